The number of carbonyl (C=O) groups is 1. The molecule has 0 amide bonds. The Hall–Kier alpha value is -1.38. The molecule has 0 spiro atoms. The molecule has 1 aromatic rings. The highest BCUT2D eigenvalue weighted by molar-refractivity contribution is 5.89. The van der Waals surface area contributed by atoms with Crippen molar-refractivity contribution in [3.05, 3.63) is 29.6 Å². The first kappa shape index (κ1) is 10.7. The standard InChI is InChI=1S/C11H16N2O/c1-5-10(14)6-7-11-8(2)12-13(4)9(11)3/h5H,1,6-7H2,2-4H3. The lowest BCUT2D eigenvalue weighted by atomic mass is 10.1. The highest BCUT2D eigenvalue weighted by atomic mass is 16.1. The summed E-state index contributed by atoms with van der Waals surface area (Å²) in [5.41, 5.74) is 3.34. The van der Waals surface area contributed by atoms with E-state index < -0.39 is 0 Å². The van der Waals surface area contributed by atoms with E-state index in [1.807, 2.05) is 25.6 Å². The van der Waals surface area contributed by atoms with Crippen LogP contribution < -0.4 is 0 Å². The molecular weight excluding hydrogens is 176 g/mol. The summed E-state index contributed by atoms with van der Waals surface area (Å²) in [5.74, 6) is 0.0904. The van der Waals surface area contributed by atoms with Gasteiger partial charge < -0.3 is 0 Å². The minimum absolute atomic E-state index is 0.0904. The Morgan fingerprint density at radius 1 is 1.57 bits per heavy atom. The zero-order chi connectivity index (χ0) is 10.7. The Morgan fingerprint density at radius 3 is 2.64 bits per heavy atom. The second kappa shape index (κ2) is 4.22. The van der Waals surface area contributed by atoms with Gasteiger partial charge in [-0.3, -0.25) is 9.48 Å². The van der Waals surface area contributed by atoms with Gasteiger partial charge in [0.1, 0.15) is 0 Å². The number of aromatic nitrogens is 2. The summed E-state index contributed by atoms with van der Waals surface area (Å²) in [6.07, 6.45) is 2.66. The van der Waals surface area contributed by atoms with E-state index in [0.717, 1.165) is 17.8 Å². The van der Waals surface area contributed by atoms with Crippen molar-refractivity contribution in [3.8, 4) is 0 Å². The maximum absolute atomic E-state index is 11.1. The minimum atomic E-state index is 0.0904. The lowest BCUT2D eigenvalue weighted by Gasteiger charge is -1.99. The summed E-state index contributed by atoms with van der Waals surface area (Å²) in [4.78, 5) is 11.1. The third-order valence-electron chi connectivity index (χ3n) is 2.51. The number of aryl methyl sites for hydroxylation is 2. The first-order valence-corrected chi connectivity index (χ1v) is 4.70. The predicted molar refractivity (Wildman–Crippen MR) is 56.2 cm³/mol. The number of ketones is 1. The quantitative estimate of drug-likeness (QED) is 0.681. The van der Waals surface area contributed by atoms with Crippen LogP contribution in [0.15, 0.2) is 12.7 Å². The summed E-state index contributed by atoms with van der Waals surface area (Å²) >= 11 is 0. The van der Waals surface area contributed by atoms with Crippen LogP contribution in [0.1, 0.15) is 23.4 Å². The monoisotopic (exact) mass is 192 g/mol. The second-order valence-corrected chi connectivity index (χ2v) is 3.44. The Morgan fingerprint density at radius 2 is 2.21 bits per heavy atom. The van der Waals surface area contributed by atoms with Gasteiger partial charge in [-0.1, -0.05) is 6.58 Å². The summed E-state index contributed by atoms with van der Waals surface area (Å²) in [6, 6.07) is 0. The van der Waals surface area contributed by atoms with Crippen molar-refractivity contribution in [2.75, 3.05) is 0 Å². The van der Waals surface area contributed by atoms with Crippen LogP contribution >= 0.6 is 0 Å². The molecule has 1 rings (SSSR count). The van der Waals surface area contributed by atoms with Gasteiger partial charge in [0.05, 0.1) is 5.69 Å². The van der Waals surface area contributed by atoms with Gasteiger partial charge in [0, 0.05) is 19.2 Å². The number of nitrogens with zero attached hydrogens (tertiary/aromatic N) is 2. The van der Waals surface area contributed by atoms with Gasteiger partial charge in [-0.25, -0.2) is 0 Å². The predicted octanol–water partition coefficient (Wildman–Crippen LogP) is 1.72. The van der Waals surface area contributed by atoms with E-state index in [-0.39, 0.29) is 5.78 Å². The number of rotatable bonds is 4. The topological polar surface area (TPSA) is 34.9 Å². The number of allylic oxidation sites excluding steroid dienone is 1. The summed E-state index contributed by atoms with van der Waals surface area (Å²) < 4.78 is 1.85. The molecule has 0 aromatic carbocycles. The number of hydrogen-bond donors (Lipinski definition) is 0. The fraction of sp³-hybridized carbons (Fsp3) is 0.455. The molecule has 0 atom stereocenters. The van der Waals surface area contributed by atoms with Crippen LogP contribution in [-0.4, -0.2) is 15.6 Å². The van der Waals surface area contributed by atoms with Gasteiger partial charge in [0.2, 0.25) is 0 Å². The molecule has 14 heavy (non-hydrogen) atoms. The van der Waals surface area contributed by atoms with Crippen molar-refractivity contribution in [2.45, 2.75) is 26.7 Å². The fourth-order valence-electron chi connectivity index (χ4n) is 1.53. The van der Waals surface area contributed by atoms with Gasteiger partial charge in [-0.05, 0) is 31.9 Å². The average Bonchev–Trinajstić information content (AvgIpc) is 2.39. The molecule has 0 saturated heterocycles. The van der Waals surface area contributed by atoms with E-state index in [1.165, 1.54) is 11.6 Å². The second-order valence-electron chi connectivity index (χ2n) is 3.44. The molecule has 0 aliphatic rings. The Balaban J connectivity index is 2.76. The van der Waals surface area contributed by atoms with E-state index >= 15 is 0 Å². The molecule has 0 aliphatic heterocycles. The smallest absolute Gasteiger partial charge is 0.155 e. The van der Waals surface area contributed by atoms with Crippen LogP contribution in [0.25, 0.3) is 0 Å². The van der Waals surface area contributed by atoms with E-state index in [9.17, 15) is 4.79 Å². The maximum Gasteiger partial charge on any atom is 0.155 e. The van der Waals surface area contributed by atoms with Crippen LogP contribution in [0.5, 0.6) is 0 Å². The summed E-state index contributed by atoms with van der Waals surface area (Å²) in [6.45, 7) is 7.45. The Kier molecular flexibility index (Phi) is 3.23. The van der Waals surface area contributed by atoms with Gasteiger partial charge in [0.15, 0.2) is 5.78 Å². The van der Waals surface area contributed by atoms with E-state index in [1.54, 1.807) is 0 Å². The molecular formula is C11H16N2O. The average molecular weight is 192 g/mol. The van der Waals surface area contributed by atoms with E-state index in [2.05, 4.69) is 11.7 Å². The lowest BCUT2D eigenvalue weighted by molar-refractivity contribution is -0.114. The van der Waals surface area contributed by atoms with Crippen LogP contribution in [0, 0.1) is 13.8 Å². The third kappa shape index (κ3) is 2.10. The van der Waals surface area contributed by atoms with Crippen molar-refractivity contribution in [1.82, 2.24) is 9.78 Å². The molecule has 1 heterocycles. The van der Waals surface area contributed by atoms with Gasteiger partial charge in [-0.15, -0.1) is 0 Å². The molecule has 1 aromatic heterocycles. The normalized spacial score (nSPS) is 10.2. The zero-order valence-electron chi connectivity index (χ0n) is 9.00. The van der Waals surface area contributed by atoms with Gasteiger partial charge in [-0.2, -0.15) is 5.10 Å². The first-order chi connectivity index (χ1) is 6.56. The first-order valence-electron chi connectivity index (χ1n) is 4.70. The van der Waals surface area contributed by atoms with Crippen LogP contribution in [0.4, 0.5) is 0 Å². The zero-order valence-corrected chi connectivity index (χ0v) is 9.00. The molecule has 3 nitrogen and oxygen atoms in total. The van der Waals surface area contributed by atoms with Crippen molar-refractivity contribution in [1.29, 1.82) is 0 Å². The summed E-state index contributed by atoms with van der Waals surface area (Å²) in [5, 5.41) is 4.29. The molecule has 0 fully saturated rings. The molecule has 76 valence electrons. The molecule has 3 heteroatoms. The van der Waals surface area contributed by atoms with Crippen LogP contribution in [0.2, 0.25) is 0 Å². The molecule has 0 aliphatic carbocycles. The lowest BCUT2D eigenvalue weighted by Crippen LogP contribution is -1.98. The largest absolute Gasteiger partial charge is 0.295 e. The van der Waals surface area contributed by atoms with Gasteiger partial charge in [0.25, 0.3) is 0 Å². The molecule has 0 unspecified atom stereocenters. The van der Waals surface area contributed by atoms with Crippen LogP contribution in [0.3, 0.4) is 0 Å². The molecule has 0 saturated carbocycles. The Bertz CT molecular complexity index is 364. The number of hydrogen-bond acceptors (Lipinski definition) is 2. The van der Waals surface area contributed by atoms with Crippen molar-refractivity contribution >= 4 is 5.78 Å². The van der Waals surface area contributed by atoms with E-state index in [0.29, 0.717) is 6.42 Å². The van der Waals surface area contributed by atoms with E-state index in [4.69, 9.17) is 0 Å². The molecule has 0 N–H and O–H groups in total. The fourth-order valence-corrected chi connectivity index (χ4v) is 1.53. The van der Waals surface area contributed by atoms with Crippen molar-refractivity contribution in [2.24, 2.45) is 7.05 Å². The minimum Gasteiger partial charge on any atom is -0.295 e. The molecule has 0 radical (unpaired) electrons. The summed E-state index contributed by atoms with van der Waals surface area (Å²) in [7, 11) is 1.92. The Labute approximate surface area is 84.4 Å². The van der Waals surface area contributed by atoms with Crippen LogP contribution in [-0.2, 0) is 18.3 Å². The highest BCUT2D eigenvalue weighted by Gasteiger charge is 2.09. The number of carbonyl (C=O) groups excluding carboxylic acids is 1. The van der Waals surface area contributed by atoms with Crippen molar-refractivity contribution in [3.63, 3.8) is 0 Å². The SMILES string of the molecule is C=CC(=O)CCc1c(C)nn(C)c1C. The highest BCUT2D eigenvalue weighted by Crippen LogP contribution is 2.14. The third-order valence-corrected chi connectivity index (χ3v) is 2.51. The maximum atomic E-state index is 11.1. The van der Waals surface area contributed by atoms with Gasteiger partial charge >= 0.3 is 0 Å². The van der Waals surface area contributed by atoms with Crippen molar-refractivity contribution < 1.29 is 4.79 Å². The molecule has 0 bridgehead atoms.